The predicted octanol–water partition coefficient (Wildman–Crippen LogP) is 2.88. The number of hydrogen-bond donors (Lipinski definition) is 1. The molecule has 0 bridgehead atoms. The molecular weight excluding hydrogens is 344 g/mol. The van der Waals surface area contributed by atoms with E-state index in [1.54, 1.807) is 18.0 Å². The van der Waals surface area contributed by atoms with E-state index in [0.717, 1.165) is 24.8 Å². The van der Waals surface area contributed by atoms with Gasteiger partial charge in [0, 0.05) is 45.1 Å². The number of pyridine rings is 1. The van der Waals surface area contributed by atoms with Crippen molar-refractivity contribution in [3.05, 3.63) is 41.9 Å². The Hall–Kier alpha value is -2.57. The average Bonchev–Trinajstić information content (AvgIpc) is 3.12. The maximum Gasteiger partial charge on any atom is 0.414 e. The maximum atomic E-state index is 12.5. The SMILES string of the molecule is C=C(C)OC(=O)N1CCC2(CC1)CC2CNC(=O)N1Cc2ccncc2C1. The van der Waals surface area contributed by atoms with Gasteiger partial charge in [0.05, 0.1) is 5.76 Å². The van der Waals surface area contributed by atoms with E-state index in [-0.39, 0.29) is 17.5 Å². The van der Waals surface area contributed by atoms with Gasteiger partial charge in [-0.15, -0.1) is 0 Å². The molecule has 0 radical (unpaired) electrons. The van der Waals surface area contributed by atoms with Crippen molar-refractivity contribution < 1.29 is 14.3 Å². The van der Waals surface area contributed by atoms with Gasteiger partial charge in [0.2, 0.25) is 0 Å². The molecule has 1 saturated heterocycles. The lowest BCUT2D eigenvalue weighted by Gasteiger charge is -2.32. The number of nitrogens with zero attached hydrogens (tertiary/aromatic N) is 3. The number of nitrogens with one attached hydrogen (secondary N) is 1. The molecular formula is C20H26N4O3. The number of likely N-dealkylation sites (tertiary alicyclic amines) is 1. The first-order chi connectivity index (χ1) is 13.0. The molecule has 3 heterocycles. The Labute approximate surface area is 159 Å². The molecule has 1 aromatic rings. The number of piperidine rings is 1. The highest BCUT2D eigenvalue weighted by molar-refractivity contribution is 5.75. The molecule has 1 N–H and O–H groups in total. The van der Waals surface area contributed by atoms with Crippen LogP contribution in [-0.4, -0.2) is 46.5 Å². The minimum atomic E-state index is -0.300. The number of ether oxygens (including phenoxy) is 1. The van der Waals surface area contributed by atoms with Crippen LogP contribution in [0.3, 0.4) is 0 Å². The summed E-state index contributed by atoms with van der Waals surface area (Å²) in [7, 11) is 0. The summed E-state index contributed by atoms with van der Waals surface area (Å²) in [5, 5.41) is 3.10. The zero-order valence-corrected chi connectivity index (χ0v) is 15.7. The van der Waals surface area contributed by atoms with E-state index in [4.69, 9.17) is 4.74 Å². The molecule has 2 aliphatic heterocycles. The second kappa shape index (κ2) is 6.87. The largest absolute Gasteiger partial charge is 0.416 e. The molecule has 2 fully saturated rings. The van der Waals surface area contributed by atoms with Gasteiger partial charge in [0.15, 0.2) is 0 Å². The Morgan fingerprint density at radius 3 is 2.74 bits per heavy atom. The Morgan fingerprint density at radius 1 is 1.30 bits per heavy atom. The first-order valence-electron chi connectivity index (χ1n) is 9.54. The van der Waals surface area contributed by atoms with Crippen LogP contribution >= 0.6 is 0 Å². The summed E-state index contributed by atoms with van der Waals surface area (Å²) >= 11 is 0. The molecule has 4 rings (SSSR count). The number of urea groups is 1. The minimum Gasteiger partial charge on any atom is -0.416 e. The Bertz CT molecular complexity index is 745. The molecule has 1 saturated carbocycles. The maximum absolute atomic E-state index is 12.5. The highest BCUT2D eigenvalue weighted by atomic mass is 16.6. The van der Waals surface area contributed by atoms with Crippen molar-refractivity contribution >= 4 is 12.1 Å². The van der Waals surface area contributed by atoms with Crippen molar-refractivity contribution in [2.75, 3.05) is 19.6 Å². The fraction of sp³-hybridized carbons (Fsp3) is 0.550. The number of hydrogen-bond acceptors (Lipinski definition) is 4. The third-order valence-electron chi connectivity index (χ3n) is 6.15. The molecule has 27 heavy (non-hydrogen) atoms. The zero-order chi connectivity index (χ0) is 19.0. The van der Waals surface area contributed by atoms with E-state index in [1.165, 1.54) is 5.56 Å². The number of amides is 3. The number of allylic oxidation sites excluding steroid dienone is 1. The number of carbonyl (C=O) groups excluding carboxylic acids is 2. The van der Waals surface area contributed by atoms with Gasteiger partial charge in [-0.3, -0.25) is 4.98 Å². The molecule has 7 nitrogen and oxygen atoms in total. The highest BCUT2D eigenvalue weighted by Crippen LogP contribution is 2.59. The summed E-state index contributed by atoms with van der Waals surface area (Å²) in [4.78, 5) is 32.1. The minimum absolute atomic E-state index is 0.00396. The van der Waals surface area contributed by atoms with E-state index >= 15 is 0 Å². The van der Waals surface area contributed by atoms with Crippen LogP contribution in [-0.2, 0) is 17.8 Å². The van der Waals surface area contributed by atoms with E-state index < -0.39 is 0 Å². The first-order valence-corrected chi connectivity index (χ1v) is 9.54. The topological polar surface area (TPSA) is 74.8 Å². The molecule has 1 spiro atoms. The van der Waals surface area contributed by atoms with Crippen molar-refractivity contribution in [3.8, 4) is 0 Å². The number of aromatic nitrogens is 1. The van der Waals surface area contributed by atoms with Crippen molar-refractivity contribution in [2.45, 2.75) is 39.3 Å². The van der Waals surface area contributed by atoms with E-state index in [2.05, 4.69) is 16.9 Å². The van der Waals surface area contributed by atoms with Gasteiger partial charge < -0.3 is 19.9 Å². The summed E-state index contributed by atoms with van der Waals surface area (Å²) in [6, 6.07) is 1.97. The third kappa shape index (κ3) is 3.63. The van der Waals surface area contributed by atoms with Crippen LogP contribution in [0, 0.1) is 11.3 Å². The van der Waals surface area contributed by atoms with Gasteiger partial charge in [0.25, 0.3) is 0 Å². The standard InChI is InChI=1S/C20H26N4O3/c1-14(2)27-19(26)23-7-4-20(5-8-23)9-17(20)11-22-18(25)24-12-15-3-6-21-10-16(15)13-24/h3,6,10,17H,1,4-5,7-9,11-13H2,2H3,(H,22,25). The summed E-state index contributed by atoms with van der Waals surface area (Å²) in [6.07, 6.45) is 6.38. The molecule has 3 amide bonds. The fourth-order valence-corrected chi connectivity index (χ4v) is 4.37. The summed E-state index contributed by atoms with van der Waals surface area (Å²) in [6.45, 7) is 8.71. The van der Waals surface area contributed by atoms with Crippen LogP contribution in [0.4, 0.5) is 9.59 Å². The van der Waals surface area contributed by atoms with Crippen molar-refractivity contribution in [1.29, 1.82) is 0 Å². The lowest BCUT2D eigenvalue weighted by Crippen LogP contribution is -2.41. The average molecular weight is 370 g/mol. The van der Waals surface area contributed by atoms with Crippen LogP contribution in [0.1, 0.15) is 37.3 Å². The van der Waals surface area contributed by atoms with E-state index in [9.17, 15) is 9.59 Å². The zero-order valence-electron chi connectivity index (χ0n) is 15.7. The van der Waals surface area contributed by atoms with Gasteiger partial charge in [0.1, 0.15) is 0 Å². The van der Waals surface area contributed by atoms with Crippen LogP contribution in [0.15, 0.2) is 30.8 Å². The van der Waals surface area contributed by atoms with Gasteiger partial charge >= 0.3 is 12.1 Å². The third-order valence-corrected chi connectivity index (χ3v) is 6.15. The van der Waals surface area contributed by atoms with Crippen LogP contribution in [0.25, 0.3) is 0 Å². The highest BCUT2D eigenvalue weighted by Gasteiger charge is 2.55. The van der Waals surface area contributed by atoms with Gasteiger partial charge in [-0.25, -0.2) is 9.59 Å². The lowest BCUT2D eigenvalue weighted by molar-refractivity contribution is 0.104. The molecule has 3 aliphatic rings. The molecule has 7 heteroatoms. The normalized spacial score (nSPS) is 22.3. The summed E-state index contributed by atoms with van der Waals surface area (Å²) < 4.78 is 5.09. The molecule has 1 atom stereocenters. The van der Waals surface area contributed by atoms with Crippen molar-refractivity contribution in [3.63, 3.8) is 0 Å². The smallest absolute Gasteiger partial charge is 0.414 e. The first kappa shape index (κ1) is 17.8. The molecule has 1 aromatic heterocycles. The number of carbonyl (C=O) groups is 2. The van der Waals surface area contributed by atoms with Crippen LogP contribution in [0.5, 0.6) is 0 Å². The predicted molar refractivity (Wildman–Crippen MR) is 99.5 cm³/mol. The van der Waals surface area contributed by atoms with Gasteiger partial charge in [-0.1, -0.05) is 6.58 Å². The molecule has 144 valence electrons. The van der Waals surface area contributed by atoms with Crippen LogP contribution < -0.4 is 5.32 Å². The Morgan fingerprint density at radius 2 is 2.04 bits per heavy atom. The second-order valence-corrected chi connectivity index (χ2v) is 8.01. The van der Waals surface area contributed by atoms with Gasteiger partial charge in [-0.2, -0.15) is 0 Å². The molecule has 1 unspecified atom stereocenters. The fourth-order valence-electron chi connectivity index (χ4n) is 4.37. The summed E-state index contributed by atoms with van der Waals surface area (Å²) in [5.41, 5.74) is 2.59. The number of rotatable bonds is 3. The Balaban J connectivity index is 1.21. The quantitative estimate of drug-likeness (QED) is 0.830. The van der Waals surface area contributed by atoms with Crippen LogP contribution in [0.2, 0.25) is 0 Å². The second-order valence-electron chi connectivity index (χ2n) is 8.01. The van der Waals surface area contributed by atoms with Crippen molar-refractivity contribution in [2.24, 2.45) is 11.3 Å². The molecule has 0 aromatic carbocycles. The number of fused-ring (bicyclic) bond motifs is 1. The lowest BCUT2D eigenvalue weighted by atomic mass is 9.91. The van der Waals surface area contributed by atoms with Gasteiger partial charge in [-0.05, 0) is 54.7 Å². The monoisotopic (exact) mass is 370 g/mol. The van der Waals surface area contributed by atoms with Crippen molar-refractivity contribution in [1.82, 2.24) is 20.1 Å². The Kier molecular flexibility index (Phi) is 4.53. The molecule has 1 aliphatic carbocycles. The van der Waals surface area contributed by atoms with E-state index in [1.807, 2.05) is 17.2 Å². The van der Waals surface area contributed by atoms with E-state index in [0.29, 0.717) is 44.4 Å². The summed E-state index contributed by atoms with van der Waals surface area (Å²) in [5.74, 6) is 0.930.